The maximum absolute atomic E-state index is 14.2. The van der Waals surface area contributed by atoms with Crippen LogP contribution in [0, 0.1) is 0 Å². The Hall–Kier alpha value is -4.05. The van der Waals surface area contributed by atoms with Crippen molar-refractivity contribution >= 4 is 22.5 Å². The number of piperazine rings is 1. The molecule has 0 spiro atoms. The van der Waals surface area contributed by atoms with Crippen molar-refractivity contribution in [2.75, 3.05) is 37.7 Å². The van der Waals surface area contributed by atoms with Gasteiger partial charge in [0.25, 0.3) is 0 Å². The quantitative estimate of drug-likeness (QED) is 0.402. The minimum atomic E-state index is -4.98. The van der Waals surface area contributed by atoms with Gasteiger partial charge in [-0.1, -0.05) is 24.3 Å². The number of benzene rings is 3. The Balaban J connectivity index is 1.33. The third kappa shape index (κ3) is 4.91. The van der Waals surface area contributed by atoms with Crippen LogP contribution in [0.2, 0.25) is 0 Å². The molecule has 1 saturated heterocycles. The molecule has 0 bridgehead atoms. The number of amides is 1. The van der Waals surface area contributed by atoms with E-state index in [0.717, 1.165) is 11.4 Å². The van der Waals surface area contributed by atoms with Crippen LogP contribution in [0.1, 0.15) is 12.5 Å². The van der Waals surface area contributed by atoms with Gasteiger partial charge in [-0.15, -0.1) is 0 Å². The summed E-state index contributed by atoms with van der Waals surface area (Å²) in [5, 5.41) is 15.6. The zero-order chi connectivity index (χ0) is 26.9. The average Bonchev–Trinajstić information content (AvgIpc) is 3.35. The fourth-order valence-corrected chi connectivity index (χ4v) is 4.61. The lowest BCUT2D eigenvalue weighted by atomic mass is 9.93. The summed E-state index contributed by atoms with van der Waals surface area (Å²) < 4.78 is 49.6. The molecule has 1 aliphatic heterocycles. The zero-order valence-corrected chi connectivity index (χ0v) is 20.7. The first-order valence-corrected chi connectivity index (χ1v) is 12.2. The number of rotatable bonds is 6. The van der Waals surface area contributed by atoms with Gasteiger partial charge in [-0.2, -0.15) is 18.3 Å². The van der Waals surface area contributed by atoms with Crippen molar-refractivity contribution in [3.63, 3.8) is 0 Å². The van der Waals surface area contributed by atoms with E-state index in [-0.39, 0.29) is 17.2 Å². The number of fused-ring (bicyclic) bond motifs is 1. The van der Waals surface area contributed by atoms with Crippen LogP contribution in [0.15, 0.2) is 79.0 Å². The second-order valence-corrected chi connectivity index (χ2v) is 9.30. The monoisotopic (exact) mass is 524 g/mol. The predicted molar refractivity (Wildman–Crippen MR) is 137 cm³/mol. The number of carbonyl (C=O) groups is 1. The molecule has 1 N–H and O–H groups in total. The first-order valence-electron chi connectivity index (χ1n) is 12.2. The van der Waals surface area contributed by atoms with Gasteiger partial charge in [0.1, 0.15) is 12.4 Å². The van der Waals surface area contributed by atoms with Crippen LogP contribution in [0.5, 0.6) is 5.75 Å². The molecule has 1 fully saturated rings. The lowest BCUT2D eigenvalue weighted by Gasteiger charge is -2.35. The molecule has 3 aromatic carbocycles. The van der Waals surface area contributed by atoms with Gasteiger partial charge in [0.05, 0.1) is 17.4 Å². The Bertz CT molecular complexity index is 1420. The molecule has 2 heterocycles. The van der Waals surface area contributed by atoms with E-state index in [1.54, 1.807) is 40.8 Å². The highest BCUT2D eigenvalue weighted by molar-refractivity contribution is 5.81. The number of alkyl halides is 3. The van der Waals surface area contributed by atoms with Crippen LogP contribution in [0.25, 0.3) is 16.6 Å². The number of anilines is 1. The molecule has 1 aliphatic rings. The number of hydrogen-bond acceptors (Lipinski definition) is 5. The normalized spacial score (nSPS) is 15.9. The number of aliphatic hydroxyl groups is 1. The first kappa shape index (κ1) is 25.6. The van der Waals surface area contributed by atoms with E-state index in [1.807, 2.05) is 30.3 Å². The Labute approximate surface area is 217 Å². The van der Waals surface area contributed by atoms with Crippen molar-refractivity contribution in [1.29, 1.82) is 0 Å². The number of ether oxygens (including phenoxy) is 1. The highest BCUT2D eigenvalue weighted by atomic mass is 19.4. The summed E-state index contributed by atoms with van der Waals surface area (Å²) >= 11 is 0. The van der Waals surface area contributed by atoms with Crippen LogP contribution in [-0.2, 0) is 10.4 Å². The van der Waals surface area contributed by atoms with E-state index >= 15 is 0 Å². The van der Waals surface area contributed by atoms with Crippen LogP contribution in [0.3, 0.4) is 0 Å². The third-order valence-electron chi connectivity index (χ3n) is 6.89. The van der Waals surface area contributed by atoms with Gasteiger partial charge in [0.2, 0.25) is 11.5 Å². The molecular formula is C28H27F3N4O3. The van der Waals surface area contributed by atoms with E-state index in [1.165, 1.54) is 24.4 Å². The number of carbonyl (C=O) groups excluding carboxylic acids is 1. The molecule has 1 unspecified atom stereocenters. The predicted octanol–water partition coefficient (Wildman–Crippen LogP) is 4.52. The second kappa shape index (κ2) is 10.0. The van der Waals surface area contributed by atoms with E-state index in [2.05, 4.69) is 10.00 Å². The van der Waals surface area contributed by atoms with Crippen molar-refractivity contribution < 1.29 is 27.8 Å². The zero-order valence-electron chi connectivity index (χ0n) is 20.7. The van der Waals surface area contributed by atoms with Crippen molar-refractivity contribution in [2.24, 2.45) is 0 Å². The first-order chi connectivity index (χ1) is 18.2. The smallest absolute Gasteiger partial charge is 0.424 e. The maximum atomic E-state index is 14.2. The highest BCUT2D eigenvalue weighted by Gasteiger charge is 2.56. The van der Waals surface area contributed by atoms with Crippen LogP contribution < -0.4 is 9.64 Å². The number of hydrogen-bond donors (Lipinski definition) is 1. The maximum Gasteiger partial charge on any atom is 0.424 e. The average molecular weight is 525 g/mol. The topological polar surface area (TPSA) is 70.8 Å². The van der Waals surface area contributed by atoms with Gasteiger partial charge in [-0.25, -0.2) is 4.68 Å². The van der Waals surface area contributed by atoms with E-state index in [4.69, 9.17) is 4.74 Å². The van der Waals surface area contributed by atoms with Gasteiger partial charge in [-0.3, -0.25) is 4.79 Å². The molecule has 1 aromatic heterocycles. The Morgan fingerprint density at radius 3 is 2.26 bits per heavy atom. The summed E-state index contributed by atoms with van der Waals surface area (Å²) in [6, 6.07) is 20.0. The fraction of sp³-hybridized carbons (Fsp3) is 0.286. The number of para-hydroxylation sites is 1. The van der Waals surface area contributed by atoms with E-state index < -0.39 is 18.4 Å². The molecule has 0 saturated carbocycles. The third-order valence-corrected chi connectivity index (χ3v) is 6.89. The van der Waals surface area contributed by atoms with Crippen LogP contribution in [0.4, 0.5) is 18.9 Å². The lowest BCUT2D eigenvalue weighted by Crippen LogP contribution is -2.48. The fourth-order valence-electron chi connectivity index (χ4n) is 4.61. The summed E-state index contributed by atoms with van der Waals surface area (Å²) in [7, 11) is 0. The summed E-state index contributed by atoms with van der Waals surface area (Å²) in [6.45, 7) is 3.08. The van der Waals surface area contributed by atoms with Crippen molar-refractivity contribution in [3.05, 3.63) is 84.6 Å². The molecule has 198 valence electrons. The summed E-state index contributed by atoms with van der Waals surface area (Å²) in [5.74, 6) is 0.242. The Morgan fingerprint density at radius 2 is 1.63 bits per heavy atom. The molecule has 0 aliphatic carbocycles. The van der Waals surface area contributed by atoms with Gasteiger partial charge >= 0.3 is 6.18 Å². The van der Waals surface area contributed by atoms with Crippen LogP contribution >= 0.6 is 0 Å². The van der Waals surface area contributed by atoms with Crippen molar-refractivity contribution in [1.82, 2.24) is 14.7 Å². The van der Waals surface area contributed by atoms with Crippen molar-refractivity contribution in [3.8, 4) is 11.4 Å². The highest BCUT2D eigenvalue weighted by Crippen LogP contribution is 2.40. The number of halogens is 3. The number of aromatic nitrogens is 2. The Morgan fingerprint density at radius 1 is 0.947 bits per heavy atom. The van der Waals surface area contributed by atoms with E-state index in [0.29, 0.717) is 37.1 Å². The lowest BCUT2D eigenvalue weighted by molar-refractivity contribution is -0.275. The SMILES string of the molecule is CC(=O)N1CCN(c2ccc(OCC(O)(c3ccc4c(cnn4-c4ccccc4)c3)C(F)(F)F)cc2)CC1. The summed E-state index contributed by atoms with van der Waals surface area (Å²) in [6.07, 6.45) is -3.51. The molecule has 0 radical (unpaired) electrons. The molecule has 10 heteroatoms. The standard InChI is InChI=1S/C28H27F3N4O3/c1-20(36)33-13-15-34(16-14-33)23-8-10-25(11-9-23)38-19-27(37,28(29,30)31)22-7-12-26-21(17-22)18-32-35(26)24-5-3-2-4-6-24/h2-12,17-18,37H,13-16,19H2,1H3. The van der Waals surface area contributed by atoms with Gasteiger partial charge < -0.3 is 19.6 Å². The minimum absolute atomic E-state index is 0.0368. The molecule has 1 atom stereocenters. The summed E-state index contributed by atoms with van der Waals surface area (Å²) in [4.78, 5) is 15.4. The molecule has 1 amide bonds. The van der Waals surface area contributed by atoms with Crippen LogP contribution in [-0.4, -0.2) is 64.7 Å². The van der Waals surface area contributed by atoms with E-state index in [9.17, 15) is 23.1 Å². The largest absolute Gasteiger partial charge is 0.490 e. The van der Waals surface area contributed by atoms with Gasteiger partial charge in [0, 0.05) is 44.2 Å². The van der Waals surface area contributed by atoms with Gasteiger partial charge in [-0.05, 0) is 54.1 Å². The molecule has 38 heavy (non-hydrogen) atoms. The molecule has 5 rings (SSSR count). The number of nitrogens with zero attached hydrogens (tertiary/aromatic N) is 4. The molecule has 7 nitrogen and oxygen atoms in total. The minimum Gasteiger partial charge on any atom is -0.490 e. The molecule has 4 aromatic rings. The Kier molecular flexibility index (Phi) is 6.75. The second-order valence-electron chi connectivity index (χ2n) is 9.30. The summed E-state index contributed by atoms with van der Waals surface area (Å²) in [5.41, 5.74) is -1.28. The van der Waals surface area contributed by atoms with Crippen molar-refractivity contribution in [2.45, 2.75) is 18.7 Å². The van der Waals surface area contributed by atoms with Gasteiger partial charge in [0.15, 0.2) is 0 Å². The molecular weight excluding hydrogens is 497 g/mol.